The summed E-state index contributed by atoms with van der Waals surface area (Å²) in [5, 5.41) is 13.8. The van der Waals surface area contributed by atoms with Crippen LogP contribution >= 0.6 is 0 Å². The molecule has 3 N–H and O–H groups in total. The average molecular weight is 322 g/mol. The number of carboxylic acids is 1. The number of benzene rings is 1. The van der Waals surface area contributed by atoms with Crippen LogP contribution in [0.5, 0.6) is 0 Å². The standard InChI is InChI=1S/C16H22N2O5/c1-4-10(2)23-9-14(19)18-13-7-5-12(6-8-13)15(20)17-11(3)16(21)22/h5-8,10-11H,4,9H2,1-3H3,(H,17,20)(H,18,19)(H,21,22). The molecule has 0 saturated heterocycles. The Balaban J connectivity index is 2.54. The highest BCUT2D eigenvalue weighted by Gasteiger charge is 2.15. The molecule has 2 amide bonds. The van der Waals surface area contributed by atoms with Gasteiger partial charge in [-0.25, -0.2) is 0 Å². The monoisotopic (exact) mass is 322 g/mol. The van der Waals surface area contributed by atoms with Gasteiger partial charge in [0.15, 0.2) is 0 Å². The maximum atomic E-state index is 11.8. The van der Waals surface area contributed by atoms with Crippen LogP contribution in [0.2, 0.25) is 0 Å². The number of hydrogen-bond donors (Lipinski definition) is 3. The van der Waals surface area contributed by atoms with Gasteiger partial charge in [-0.15, -0.1) is 0 Å². The van der Waals surface area contributed by atoms with E-state index in [-0.39, 0.29) is 18.6 Å². The van der Waals surface area contributed by atoms with Gasteiger partial charge in [0.05, 0.1) is 6.10 Å². The smallest absolute Gasteiger partial charge is 0.325 e. The lowest BCUT2D eigenvalue weighted by Gasteiger charge is -2.11. The van der Waals surface area contributed by atoms with Crippen molar-refractivity contribution in [2.45, 2.75) is 39.3 Å². The number of rotatable bonds is 8. The molecule has 1 aromatic carbocycles. The summed E-state index contributed by atoms with van der Waals surface area (Å²) in [7, 11) is 0. The first-order chi connectivity index (χ1) is 10.8. The maximum absolute atomic E-state index is 11.8. The molecular weight excluding hydrogens is 300 g/mol. The van der Waals surface area contributed by atoms with E-state index in [0.29, 0.717) is 11.3 Å². The third-order valence-electron chi connectivity index (χ3n) is 3.22. The number of nitrogens with one attached hydrogen (secondary N) is 2. The largest absolute Gasteiger partial charge is 0.480 e. The van der Waals surface area contributed by atoms with Crippen molar-refractivity contribution in [2.75, 3.05) is 11.9 Å². The number of aliphatic carboxylic acids is 1. The summed E-state index contributed by atoms with van der Waals surface area (Å²) in [5.41, 5.74) is 0.845. The van der Waals surface area contributed by atoms with Gasteiger partial charge in [0.25, 0.3) is 5.91 Å². The first-order valence-electron chi connectivity index (χ1n) is 7.38. The normalized spacial score (nSPS) is 13.0. The van der Waals surface area contributed by atoms with Gasteiger partial charge in [0, 0.05) is 11.3 Å². The zero-order valence-corrected chi connectivity index (χ0v) is 13.5. The number of amides is 2. The number of ether oxygens (including phenoxy) is 1. The fourth-order valence-corrected chi connectivity index (χ4v) is 1.58. The highest BCUT2D eigenvalue weighted by atomic mass is 16.5. The molecule has 23 heavy (non-hydrogen) atoms. The first kappa shape index (κ1) is 18.6. The van der Waals surface area contributed by atoms with E-state index in [0.717, 1.165) is 6.42 Å². The lowest BCUT2D eigenvalue weighted by Crippen LogP contribution is -2.38. The third-order valence-corrected chi connectivity index (χ3v) is 3.22. The average Bonchev–Trinajstić information content (AvgIpc) is 2.52. The quantitative estimate of drug-likeness (QED) is 0.675. The Labute approximate surface area is 135 Å². The number of carbonyl (C=O) groups is 3. The van der Waals surface area contributed by atoms with E-state index in [1.54, 1.807) is 12.1 Å². The molecule has 0 fully saturated rings. The van der Waals surface area contributed by atoms with E-state index in [4.69, 9.17) is 9.84 Å². The summed E-state index contributed by atoms with van der Waals surface area (Å²) in [6, 6.07) is 5.19. The zero-order chi connectivity index (χ0) is 17.4. The van der Waals surface area contributed by atoms with Crippen molar-refractivity contribution in [2.24, 2.45) is 0 Å². The SMILES string of the molecule is CCC(C)OCC(=O)Nc1ccc(C(=O)NC(C)C(=O)O)cc1. The van der Waals surface area contributed by atoms with E-state index in [2.05, 4.69) is 10.6 Å². The molecule has 0 aliphatic carbocycles. The predicted molar refractivity (Wildman–Crippen MR) is 85.3 cm³/mol. The number of hydrogen-bond acceptors (Lipinski definition) is 4. The second-order valence-corrected chi connectivity index (χ2v) is 5.19. The van der Waals surface area contributed by atoms with E-state index in [1.165, 1.54) is 19.1 Å². The third kappa shape index (κ3) is 6.48. The lowest BCUT2D eigenvalue weighted by molar-refractivity contribution is -0.138. The van der Waals surface area contributed by atoms with Gasteiger partial charge < -0.3 is 20.5 Å². The van der Waals surface area contributed by atoms with Gasteiger partial charge >= 0.3 is 5.97 Å². The van der Waals surface area contributed by atoms with Crippen molar-refractivity contribution in [1.29, 1.82) is 0 Å². The summed E-state index contributed by atoms with van der Waals surface area (Å²) in [6.45, 7) is 5.20. The van der Waals surface area contributed by atoms with E-state index in [1.807, 2.05) is 13.8 Å². The predicted octanol–water partition coefficient (Wildman–Crippen LogP) is 1.64. The molecule has 0 aromatic heterocycles. The van der Waals surface area contributed by atoms with Crippen molar-refractivity contribution < 1.29 is 24.2 Å². The second kappa shape index (κ2) is 8.89. The van der Waals surface area contributed by atoms with E-state index in [9.17, 15) is 14.4 Å². The molecule has 1 rings (SSSR count). The number of carboxylic acid groups (broad SMARTS) is 1. The highest BCUT2D eigenvalue weighted by molar-refractivity contribution is 5.97. The molecule has 126 valence electrons. The molecule has 0 aliphatic rings. The summed E-state index contributed by atoms with van der Waals surface area (Å²) in [6.07, 6.45) is 0.842. The molecular formula is C16H22N2O5. The molecule has 0 heterocycles. The molecule has 2 unspecified atom stereocenters. The first-order valence-corrected chi connectivity index (χ1v) is 7.38. The fourth-order valence-electron chi connectivity index (χ4n) is 1.58. The summed E-state index contributed by atoms with van der Waals surface area (Å²) in [5.74, 6) is -1.87. The Bertz CT molecular complexity index is 556. The van der Waals surface area contributed by atoms with Crippen LogP contribution in [0.3, 0.4) is 0 Å². The minimum absolute atomic E-state index is 0.0167. The van der Waals surface area contributed by atoms with Gasteiger partial charge in [-0.3, -0.25) is 14.4 Å². The van der Waals surface area contributed by atoms with E-state index >= 15 is 0 Å². The van der Waals surface area contributed by atoms with Crippen LogP contribution < -0.4 is 10.6 Å². The molecule has 0 bridgehead atoms. The summed E-state index contributed by atoms with van der Waals surface area (Å²) in [4.78, 5) is 34.2. The molecule has 0 aliphatic heterocycles. The molecule has 7 nitrogen and oxygen atoms in total. The highest BCUT2D eigenvalue weighted by Crippen LogP contribution is 2.10. The van der Waals surface area contributed by atoms with E-state index < -0.39 is 17.9 Å². The van der Waals surface area contributed by atoms with Crippen LogP contribution in [0.25, 0.3) is 0 Å². The topological polar surface area (TPSA) is 105 Å². The minimum atomic E-state index is -1.11. The fraction of sp³-hybridized carbons (Fsp3) is 0.438. The summed E-state index contributed by atoms with van der Waals surface area (Å²) < 4.78 is 5.32. The Morgan fingerprint density at radius 3 is 2.30 bits per heavy atom. The molecule has 0 saturated carbocycles. The van der Waals surface area contributed by atoms with Crippen LogP contribution in [-0.2, 0) is 14.3 Å². The van der Waals surface area contributed by atoms with Crippen molar-refractivity contribution in [3.63, 3.8) is 0 Å². The van der Waals surface area contributed by atoms with Gasteiger partial charge in [0.1, 0.15) is 12.6 Å². The molecule has 2 atom stereocenters. The van der Waals surface area contributed by atoms with Crippen LogP contribution in [0.4, 0.5) is 5.69 Å². The number of carbonyl (C=O) groups excluding carboxylic acids is 2. The van der Waals surface area contributed by atoms with Gasteiger partial charge in [0.2, 0.25) is 5.91 Å². The van der Waals surface area contributed by atoms with Crippen LogP contribution in [0.15, 0.2) is 24.3 Å². The maximum Gasteiger partial charge on any atom is 0.325 e. The Morgan fingerprint density at radius 1 is 1.17 bits per heavy atom. The van der Waals surface area contributed by atoms with Crippen molar-refractivity contribution >= 4 is 23.5 Å². The van der Waals surface area contributed by atoms with Crippen molar-refractivity contribution in [3.8, 4) is 0 Å². The Morgan fingerprint density at radius 2 is 1.78 bits per heavy atom. The van der Waals surface area contributed by atoms with Gasteiger partial charge in [-0.2, -0.15) is 0 Å². The van der Waals surface area contributed by atoms with Crippen molar-refractivity contribution in [1.82, 2.24) is 5.32 Å². The molecule has 0 spiro atoms. The van der Waals surface area contributed by atoms with Gasteiger partial charge in [-0.05, 0) is 44.5 Å². The molecule has 1 aromatic rings. The van der Waals surface area contributed by atoms with Crippen LogP contribution in [0.1, 0.15) is 37.6 Å². The van der Waals surface area contributed by atoms with Crippen molar-refractivity contribution in [3.05, 3.63) is 29.8 Å². The van der Waals surface area contributed by atoms with Crippen LogP contribution in [-0.4, -0.2) is 41.6 Å². The van der Waals surface area contributed by atoms with Gasteiger partial charge in [-0.1, -0.05) is 6.92 Å². The lowest BCUT2D eigenvalue weighted by atomic mass is 10.2. The molecule has 7 heteroatoms. The second-order valence-electron chi connectivity index (χ2n) is 5.19. The Hall–Kier alpha value is -2.41. The Kier molecular flexibility index (Phi) is 7.21. The number of anilines is 1. The summed E-state index contributed by atoms with van der Waals surface area (Å²) >= 11 is 0. The zero-order valence-electron chi connectivity index (χ0n) is 13.5. The van der Waals surface area contributed by atoms with Crippen LogP contribution in [0, 0.1) is 0 Å². The molecule has 0 radical (unpaired) electrons. The minimum Gasteiger partial charge on any atom is -0.480 e.